The van der Waals surface area contributed by atoms with Crippen LogP contribution in [0.15, 0.2) is 24.3 Å². The van der Waals surface area contributed by atoms with Crippen LogP contribution < -0.4 is 5.32 Å². The number of hydrogen-bond acceptors (Lipinski definition) is 3. The molecule has 0 aliphatic carbocycles. The summed E-state index contributed by atoms with van der Waals surface area (Å²) < 4.78 is 0. The van der Waals surface area contributed by atoms with E-state index >= 15 is 0 Å². The van der Waals surface area contributed by atoms with Gasteiger partial charge in [-0.3, -0.25) is 9.59 Å². The zero-order chi connectivity index (χ0) is 14.8. The quantitative estimate of drug-likeness (QED) is 0.881. The summed E-state index contributed by atoms with van der Waals surface area (Å²) >= 11 is 0. The van der Waals surface area contributed by atoms with Crippen molar-refractivity contribution in [3.8, 4) is 0 Å². The number of rotatable bonds is 4. The van der Waals surface area contributed by atoms with Crippen molar-refractivity contribution >= 4 is 22.8 Å². The molecular formula is C15H18N4O2. The van der Waals surface area contributed by atoms with Crippen LogP contribution in [0.1, 0.15) is 19.2 Å². The molecular weight excluding hydrogens is 268 g/mol. The summed E-state index contributed by atoms with van der Waals surface area (Å²) in [6.07, 6.45) is 0.305. The van der Waals surface area contributed by atoms with Crippen molar-refractivity contribution in [3.63, 3.8) is 0 Å². The maximum absolute atomic E-state index is 12.1. The number of amides is 2. The van der Waals surface area contributed by atoms with E-state index in [0.29, 0.717) is 26.1 Å². The van der Waals surface area contributed by atoms with Crippen molar-refractivity contribution in [2.75, 3.05) is 13.1 Å². The van der Waals surface area contributed by atoms with Crippen LogP contribution in [0.4, 0.5) is 0 Å². The normalized spacial score (nSPS) is 18.4. The van der Waals surface area contributed by atoms with Crippen LogP contribution in [0.2, 0.25) is 0 Å². The second kappa shape index (κ2) is 5.55. The Morgan fingerprint density at radius 2 is 2.29 bits per heavy atom. The van der Waals surface area contributed by atoms with Crippen LogP contribution in [0.5, 0.6) is 0 Å². The molecule has 3 rings (SSSR count). The average molecular weight is 286 g/mol. The van der Waals surface area contributed by atoms with Crippen LogP contribution in [0, 0.1) is 5.92 Å². The van der Waals surface area contributed by atoms with E-state index in [1.54, 1.807) is 4.90 Å². The van der Waals surface area contributed by atoms with Crippen molar-refractivity contribution in [1.29, 1.82) is 0 Å². The molecule has 1 aliphatic rings. The molecule has 2 N–H and O–H groups in total. The minimum absolute atomic E-state index is 0.0568. The second-order valence-electron chi connectivity index (χ2n) is 5.25. The number of nitrogens with zero attached hydrogens (tertiary/aromatic N) is 2. The van der Waals surface area contributed by atoms with Crippen molar-refractivity contribution in [3.05, 3.63) is 30.1 Å². The maximum atomic E-state index is 12.1. The molecule has 1 aromatic heterocycles. The number of H-pyrrole nitrogens is 1. The van der Waals surface area contributed by atoms with Crippen LogP contribution in [0.3, 0.4) is 0 Å². The smallest absolute Gasteiger partial charge is 0.225 e. The summed E-state index contributed by atoms with van der Waals surface area (Å²) in [4.78, 5) is 33.0. The average Bonchev–Trinajstić information content (AvgIpc) is 3.07. The first-order chi connectivity index (χ1) is 10.2. The molecule has 1 unspecified atom stereocenters. The summed E-state index contributed by atoms with van der Waals surface area (Å²) in [5.41, 5.74) is 1.84. The van der Waals surface area contributed by atoms with Gasteiger partial charge in [0.25, 0.3) is 0 Å². The van der Waals surface area contributed by atoms with E-state index in [-0.39, 0.29) is 17.7 Å². The second-order valence-corrected chi connectivity index (χ2v) is 5.25. The third-order valence-corrected chi connectivity index (χ3v) is 3.84. The standard InChI is InChI=1S/C15H18N4O2/c1-2-19-9-10(7-14(19)20)15(21)16-8-13-17-11-5-3-4-6-12(11)18-13/h3-6,10H,2,7-9H2,1H3,(H,16,21)(H,17,18). The number of carbonyl (C=O) groups is 2. The van der Waals surface area contributed by atoms with Gasteiger partial charge in [0, 0.05) is 19.5 Å². The summed E-state index contributed by atoms with van der Waals surface area (Å²) in [5.74, 6) is 0.448. The zero-order valence-electron chi connectivity index (χ0n) is 11.9. The number of hydrogen-bond donors (Lipinski definition) is 2. The highest BCUT2D eigenvalue weighted by Crippen LogP contribution is 2.17. The molecule has 1 fully saturated rings. The summed E-state index contributed by atoms with van der Waals surface area (Å²) in [6, 6.07) is 7.73. The van der Waals surface area contributed by atoms with Gasteiger partial charge in [0.05, 0.1) is 23.5 Å². The number of fused-ring (bicyclic) bond motifs is 1. The highest BCUT2D eigenvalue weighted by Gasteiger charge is 2.33. The molecule has 2 aromatic rings. The topological polar surface area (TPSA) is 78.1 Å². The molecule has 2 amide bonds. The predicted octanol–water partition coefficient (Wildman–Crippen LogP) is 1.05. The molecule has 0 saturated carbocycles. The lowest BCUT2D eigenvalue weighted by molar-refractivity contribution is -0.128. The summed E-state index contributed by atoms with van der Waals surface area (Å²) in [5, 5.41) is 2.86. The Labute approximate surface area is 122 Å². The van der Waals surface area contributed by atoms with Gasteiger partial charge in [0.15, 0.2) is 0 Å². The van der Waals surface area contributed by atoms with Crippen LogP contribution in [-0.2, 0) is 16.1 Å². The molecule has 0 spiro atoms. The molecule has 1 aliphatic heterocycles. The highest BCUT2D eigenvalue weighted by molar-refractivity contribution is 5.89. The van der Waals surface area contributed by atoms with Crippen LogP contribution >= 0.6 is 0 Å². The number of imidazole rings is 1. The fourth-order valence-corrected chi connectivity index (χ4v) is 2.66. The van der Waals surface area contributed by atoms with Crippen molar-refractivity contribution in [2.45, 2.75) is 19.9 Å². The van der Waals surface area contributed by atoms with E-state index in [9.17, 15) is 9.59 Å². The SMILES string of the molecule is CCN1CC(C(=O)NCc2nc3ccccc3[nH]2)CC1=O. The van der Waals surface area contributed by atoms with E-state index in [0.717, 1.165) is 16.9 Å². The lowest BCUT2D eigenvalue weighted by Crippen LogP contribution is -2.32. The maximum Gasteiger partial charge on any atom is 0.225 e. The number of benzene rings is 1. The van der Waals surface area contributed by atoms with Gasteiger partial charge in [0.2, 0.25) is 11.8 Å². The molecule has 21 heavy (non-hydrogen) atoms. The van der Waals surface area contributed by atoms with Crippen molar-refractivity contribution < 1.29 is 9.59 Å². The predicted molar refractivity (Wildman–Crippen MR) is 78.3 cm³/mol. The summed E-state index contributed by atoms with van der Waals surface area (Å²) in [6.45, 7) is 3.45. The fraction of sp³-hybridized carbons (Fsp3) is 0.400. The lowest BCUT2D eigenvalue weighted by Gasteiger charge is -2.13. The Kier molecular flexibility index (Phi) is 3.60. The summed E-state index contributed by atoms with van der Waals surface area (Å²) in [7, 11) is 0. The third kappa shape index (κ3) is 2.74. The van der Waals surface area contributed by atoms with Gasteiger partial charge in [-0.15, -0.1) is 0 Å². The Bertz CT molecular complexity index is 646. The monoisotopic (exact) mass is 286 g/mol. The molecule has 6 nitrogen and oxygen atoms in total. The Hall–Kier alpha value is -2.37. The Morgan fingerprint density at radius 3 is 3.00 bits per heavy atom. The number of aromatic amines is 1. The number of nitrogens with one attached hydrogen (secondary N) is 2. The molecule has 1 saturated heterocycles. The first-order valence-electron chi connectivity index (χ1n) is 7.16. The first kappa shape index (κ1) is 13.6. The van der Waals surface area contributed by atoms with E-state index < -0.39 is 0 Å². The van der Waals surface area contributed by atoms with Gasteiger partial charge in [-0.25, -0.2) is 4.98 Å². The number of carbonyl (C=O) groups excluding carboxylic acids is 2. The Balaban J connectivity index is 1.60. The van der Waals surface area contributed by atoms with Gasteiger partial charge in [-0.05, 0) is 19.1 Å². The largest absolute Gasteiger partial charge is 0.349 e. The van der Waals surface area contributed by atoms with E-state index in [2.05, 4.69) is 15.3 Å². The highest BCUT2D eigenvalue weighted by atomic mass is 16.2. The third-order valence-electron chi connectivity index (χ3n) is 3.84. The number of aromatic nitrogens is 2. The van der Waals surface area contributed by atoms with Gasteiger partial charge < -0.3 is 15.2 Å². The van der Waals surface area contributed by atoms with E-state index in [1.807, 2.05) is 31.2 Å². The van der Waals surface area contributed by atoms with Crippen molar-refractivity contribution in [1.82, 2.24) is 20.2 Å². The first-order valence-corrected chi connectivity index (χ1v) is 7.16. The van der Waals surface area contributed by atoms with Gasteiger partial charge >= 0.3 is 0 Å². The zero-order valence-corrected chi connectivity index (χ0v) is 11.9. The Morgan fingerprint density at radius 1 is 1.48 bits per heavy atom. The minimum atomic E-state index is -0.248. The van der Waals surface area contributed by atoms with E-state index in [1.165, 1.54) is 0 Å². The molecule has 110 valence electrons. The number of para-hydroxylation sites is 2. The number of likely N-dealkylation sites (tertiary alicyclic amines) is 1. The molecule has 0 bridgehead atoms. The van der Waals surface area contributed by atoms with Gasteiger partial charge in [0.1, 0.15) is 5.82 Å². The lowest BCUT2D eigenvalue weighted by atomic mass is 10.1. The van der Waals surface area contributed by atoms with Crippen molar-refractivity contribution in [2.24, 2.45) is 5.92 Å². The minimum Gasteiger partial charge on any atom is -0.349 e. The molecule has 0 radical (unpaired) electrons. The van der Waals surface area contributed by atoms with Gasteiger partial charge in [-0.1, -0.05) is 12.1 Å². The molecule has 6 heteroatoms. The molecule has 1 aromatic carbocycles. The van der Waals surface area contributed by atoms with Crippen LogP contribution in [0.25, 0.3) is 11.0 Å². The van der Waals surface area contributed by atoms with E-state index in [4.69, 9.17) is 0 Å². The van der Waals surface area contributed by atoms with Gasteiger partial charge in [-0.2, -0.15) is 0 Å². The van der Waals surface area contributed by atoms with Crippen LogP contribution in [-0.4, -0.2) is 39.8 Å². The molecule has 1 atom stereocenters. The fourth-order valence-electron chi connectivity index (χ4n) is 2.66. The molecule has 2 heterocycles.